The first-order chi connectivity index (χ1) is 8.98. The number of hydrogen-bond donors (Lipinski definition) is 1. The SMILES string of the molecule is C=C(C#N)C(=O)OCC.CCOC(=O)C(=C=[N-])CO.[H+].[OH-]. The average Bonchev–Trinajstić information content (AvgIpc) is 2.40. The number of rotatable bonds is 5. The van der Waals surface area contributed by atoms with Gasteiger partial charge >= 0.3 is 13.4 Å². The zero-order valence-corrected chi connectivity index (χ0v) is 11.3. The summed E-state index contributed by atoms with van der Waals surface area (Å²) in [6.45, 7) is 6.38. The van der Waals surface area contributed by atoms with Crippen LogP contribution in [-0.2, 0) is 19.1 Å². The summed E-state index contributed by atoms with van der Waals surface area (Å²) in [4.78, 5) is 21.0. The summed E-state index contributed by atoms with van der Waals surface area (Å²) in [7, 11) is 0. The molecule has 0 spiro atoms. The predicted octanol–water partition coefficient (Wildman–Crippen LogP) is 0.272. The summed E-state index contributed by atoms with van der Waals surface area (Å²) in [5.41, 5.74) is -0.418. The maximum atomic E-state index is 10.6. The highest BCUT2D eigenvalue weighted by molar-refractivity contribution is 5.98. The van der Waals surface area contributed by atoms with E-state index in [2.05, 4.69) is 16.1 Å². The second-order valence-electron chi connectivity index (χ2n) is 2.78. The minimum absolute atomic E-state index is 0. The zero-order chi connectivity index (χ0) is 15.3. The van der Waals surface area contributed by atoms with Gasteiger partial charge in [-0.2, -0.15) is 5.26 Å². The molecule has 8 heteroatoms. The van der Waals surface area contributed by atoms with Crippen LogP contribution in [0.25, 0.3) is 5.41 Å². The van der Waals surface area contributed by atoms with Crippen molar-refractivity contribution >= 4 is 17.8 Å². The normalized spacial score (nSPS) is 7.50. The molecule has 0 heterocycles. The van der Waals surface area contributed by atoms with E-state index in [0.717, 1.165) is 0 Å². The number of nitriles is 1. The Bertz CT molecular complexity index is 424. The molecule has 0 radical (unpaired) electrons. The Morgan fingerprint density at radius 1 is 1.30 bits per heavy atom. The molecule has 0 unspecified atom stereocenters. The second-order valence-corrected chi connectivity index (χ2v) is 2.78. The summed E-state index contributed by atoms with van der Waals surface area (Å²) < 4.78 is 8.86. The molecule has 0 rings (SSSR count). The van der Waals surface area contributed by atoms with E-state index in [1.165, 1.54) is 5.87 Å². The van der Waals surface area contributed by atoms with Gasteiger partial charge in [-0.1, -0.05) is 6.58 Å². The highest BCUT2D eigenvalue weighted by Gasteiger charge is 2.05. The molecule has 0 aliphatic carbocycles. The first-order valence-electron chi connectivity index (χ1n) is 5.28. The third kappa shape index (κ3) is 10.7. The molecule has 0 aliphatic heterocycles. The molecule has 0 aromatic heterocycles. The quantitative estimate of drug-likeness (QED) is 0.329. The number of nitrogens with zero attached hydrogens (tertiary/aromatic N) is 2. The lowest BCUT2D eigenvalue weighted by molar-refractivity contribution is -0.139. The molecule has 0 bridgehead atoms. The van der Waals surface area contributed by atoms with Crippen LogP contribution in [0.15, 0.2) is 17.7 Å². The van der Waals surface area contributed by atoms with Gasteiger partial charge in [-0.15, -0.1) is 0 Å². The number of hydrogen-bond acceptors (Lipinski definition) is 7. The van der Waals surface area contributed by atoms with Crippen LogP contribution in [0, 0.1) is 11.3 Å². The molecular weight excluding hydrogens is 268 g/mol. The van der Waals surface area contributed by atoms with E-state index in [-0.39, 0.29) is 31.3 Å². The van der Waals surface area contributed by atoms with Crippen molar-refractivity contribution < 1.29 is 31.1 Å². The third-order valence-electron chi connectivity index (χ3n) is 1.47. The van der Waals surface area contributed by atoms with Crippen molar-refractivity contribution in [1.82, 2.24) is 0 Å². The van der Waals surface area contributed by atoms with Gasteiger partial charge in [-0.3, -0.25) is 5.87 Å². The lowest BCUT2D eigenvalue weighted by Crippen LogP contribution is -2.10. The first-order valence-corrected chi connectivity index (χ1v) is 5.28. The molecule has 0 amide bonds. The van der Waals surface area contributed by atoms with Crippen LogP contribution in [0.5, 0.6) is 0 Å². The molecule has 0 aliphatic rings. The Morgan fingerprint density at radius 2 is 1.75 bits per heavy atom. The van der Waals surface area contributed by atoms with Gasteiger partial charge < -0.3 is 25.5 Å². The van der Waals surface area contributed by atoms with E-state index in [1.807, 2.05) is 0 Å². The van der Waals surface area contributed by atoms with Crippen LogP contribution < -0.4 is 0 Å². The molecule has 0 atom stereocenters. The molecule has 0 aromatic carbocycles. The van der Waals surface area contributed by atoms with Gasteiger partial charge in [0.1, 0.15) is 11.6 Å². The smallest absolute Gasteiger partial charge is 0.870 e. The van der Waals surface area contributed by atoms with Crippen molar-refractivity contribution in [3.05, 3.63) is 23.1 Å². The van der Waals surface area contributed by atoms with Crippen molar-refractivity contribution in [3.8, 4) is 6.07 Å². The lowest BCUT2D eigenvalue weighted by Gasteiger charge is -2.00. The van der Waals surface area contributed by atoms with Crippen molar-refractivity contribution in [2.24, 2.45) is 0 Å². The molecule has 8 nitrogen and oxygen atoms in total. The minimum Gasteiger partial charge on any atom is -0.870 e. The van der Waals surface area contributed by atoms with Crippen LogP contribution >= 0.6 is 0 Å². The Kier molecular flexibility index (Phi) is 16.6. The van der Waals surface area contributed by atoms with E-state index >= 15 is 0 Å². The Hall–Kier alpha value is -2.46. The van der Waals surface area contributed by atoms with Crippen LogP contribution in [-0.4, -0.2) is 48.2 Å². The first kappa shape index (κ1) is 22.7. The minimum atomic E-state index is -0.743. The fraction of sp³-hybridized carbons (Fsp3) is 0.417. The number of aliphatic hydroxyl groups is 1. The summed E-state index contributed by atoms with van der Waals surface area (Å²) >= 11 is 0. The topological polar surface area (TPSA) is 149 Å². The van der Waals surface area contributed by atoms with Gasteiger partial charge in [0.05, 0.1) is 25.4 Å². The van der Waals surface area contributed by atoms with Gasteiger partial charge in [0.25, 0.3) is 0 Å². The predicted molar refractivity (Wildman–Crippen MR) is 70.0 cm³/mol. The highest BCUT2D eigenvalue weighted by atomic mass is 16.5. The van der Waals surface area contributed by atoms with Gasteiger partial charge in [0, 0.05) is 0 Å². The van der Waals surface area contributed by atoms with Crippen LogP contribution in [0.4, 0.5) is 0 Å². The molecule has 0 aromatic rings. The Morgan fingerprint density at radius 3 is 2.05 bits per heavy atom. The summed E-state index contributed by atoms with van der Waals surface area (Å²) in [6.07, 6.45) is 0. The fourth-order valence-electron chi connectivity index (χ4n) is 0.628. The highest BCUT2D eigenvalue weighted by Crippen LogP contribution is 1.90. The van der Waals surface area contributed by atoms with Gasteiger partial charge in [-0.05, 0) is 13.8 Å². The number of esters is 2. The monoisotopic (exact) mass is 285 g/mol. The number of aliphatic hydroxyl groups excluding tert-OH is 1. The van der Waals surface area contributed by atoms with E-state index in [9.17, 15) is 9.59 Å². The molecule has 112 valence electrons. The maximum absolute atomic E-state index is 10.6. The van der Waals surface area contributed by atoms with Crippen molar-refractivity contribution in [3.63, 3.8) is 0 Å². The standard InChI is InChI=1S/C6H8NO3.C6H7NO2.H2O/c1-2-10-6(9)5(3-7)4-8;1-3-9-6(8)5(2)4-7;/h8H,2,4H2,1H3;2-3H2,1H3;1H2/q-1;;. The lowest BCUT2D eigenvalue weighted by atomic mass is 10.3. The molecular formula is C12H17N2O6-. The molecule has 2 N–H and O–H groups in total. The van der Waals surface area contributed by atoms with E-state index in [4.69, 9.17) is 15.8 Å². The van der Waals surface area contributed by atoms with Crippen molar-refractivity contribution in [2.75, 3.05) is 19.8 Å². The molecule has 0 fully saturated rings. The molecule has 0 saturated heterocycles. The van der Waals surface area contributed by atoms with Crippen molar-refractivity contribution in [2.45, 2.75) is 13.8 Å². The fourth-order valence-corrected chi connectivity index (χ4v) is 0.628. The average molecular weight is 285 g/mol. The summed E-state index contributed by atoms with van der Waals surface area (Å²) in [5, 5.41) is 24.6. The third-order valence-corrected chi connectivity index (χ3v) is 1.47. The number of carbonyl (C=O) groups is 2. The van der Waals surface area contributed by atoms with E-state index in [0.29, 0.717) is 0 Å². The maximum Gasteiger partial charge on any atom is 1.00 e. The van der Waals surface area contributed by atoms with Gasteiger partial charge in [0.15, 0.2) is 0 Å². The Balaban J connectivity index is -0.000000126. The van der Waals surface area contributed by atoms with E-state index in [1.54, 1.807) is 19.9 Å². The van der Waals surface area contributed by atoms with Crippen LogP contribution in [0.3, 0.4) is 0 Å². The van der Waals surface area contributed by atoms with Crippen molar-refractivity contribution in [1.29, 1.82) is 5.26 Å². The molecule has 0 saturated carbocycles. The zero-order valence-electron chi connectivity index (χ0n) is 12.3. The number of carbonyl (C=O) groups excluding carboxylic acids is 2. The van der Waals surface area contributed by atoms with Crippen LogP contribution in [0.1, 0.15) is 15.3 Å². The molecule has 20 heavy (non-hydrogen) atoms. The van der Waals surface area contributed by atoms with Gasteiger partial charge in [0.2, 0.25) is 0 Å². The summed E-state index contributed by atoms with van der Waals surface area (Å²) in [6, 6.07) is 1.58. The van der Waals surface area contributed by atoms with Gasteiger partial charge in [-0.25, -0.2) is 9.59 Å². The largest absolute Gasteiger partial charge is 1.00 e. The summed E-state index contributed by atoms with van der Waals surface area (Å²) in [5.74, 6) is 0.146. The Labute approximate surface area is 118 Å². The van der Waals surface area contributed by atoms with Crippen LogP contribution in [0.2, 0.25) is 0 Å². The van der Waals surface area contributed by atoms with E-state index < -0.39 is 18.5 Å². The second kappa shape index (κ2) is 14.6. The number of ether oxygens (including phenoxy) is 2.